The summed E-state index contributed by atoms with van der Waals surface area (Å²) in [6.07, 6.45) is 0. The molecule has 6 nitrogen and oxygen atoms in total. The molecule has 138 valence electrons. The number of benzene rings is 1. The minimum absolute atomic E-state index is 0.0200. The third kappa shape index (κ3) is 4.72. The van der Waals surface area contributed by atoms with Gasteiger partial charge in [-0.15, -0.1) is 0 Å². The summed E-state index contributed by atoms with van der Waals surface area (Å²) < 4.78 is 39.0. The molecular formula is C16H23BrN2O4SSi. The molecule has 1 unspecified atom stereocenters. The number of nitrogens with zero attached hydrogens (tertiary/aromatic N) is 2. The van der Waals surface area contributed by atoms with Crippen molar-refractivity contribution in [1.29, 1.82) is 0 Å². The van der Waals surface area contributed by atoms with Crippen molar-refractivity contribution in [2.45, 2.75) is 44.1 Å². The van der Waals surface area contributed by atoms with Crippen LogP contribution in [0.5, 0.6) is 0 Å². The Bertz CT molecular complexity index is 833. The number of aryl methyl sites for hydroxylation is 1. The average molecular weight is 447 g/mol. The van der Waals surface area contributed by atoms with Crippen molar-refractivity contribution in [2.24, 2.45) is 0 Å². The van der Waals surface area contributed by atoms with Crippen LogP contribution in [0, 0.1) is 6.92 Å². The minimum Gasteiger partial charge on any atom is -0.360 e. The van der Waals surface area contributed by atoms with Crippen LogP contribution in [-0.2, 0) is 14.8 Å². The van der Waals surface area contributed by atoms with Gasteiger partial charge in [-0.2, -0.15) is 0 Å². The van der Waals surface area contributed by atoms with Gasteiger partial charge in [0.1, 0.15) is 11.6 Å². The summed E-state index contributed by atoms with van der Waals surface area (Å²) in [6.45, 7) is 10.1. The number of hydrogen-bond donors (Lipinski definition) is 0. The van der Waals surface area contributed by atoms with Crippen molar-refractivity contribution in [3.63, 3.8) is 0 Å². The smallest absolute Gasteiger partial charge is 0.269 e. The normalized spacial score (nSPS) is 13.7. The van der Waals surface area contributed by atoms with Crippen LogP contribution >= 0.6 is 15.9 Å². The molecule has 0 aliphatic carbocycles. The molecule has 2 rings (SSSR count). The molecule has 0 saturated heterocycles. The van der Waals surface area contributed by atoms with Gasteiger partial charge in [0, 0.05) is 16.3 Å². The number of halogens is 1. The van der Waals surface area contributed by atoms with Crippen LogP contribution in [0.1, 0.15) is 12.6 Å². The van der Waals surface area contributed by atoms with E-state index in [2.05, 4.69) is 40.7 Å². The van der Waals surface area contributed by atoms with Gasteiger partial charge in [-0.25, -0.2) is 12.7 Å². The van der Waals surface area contributed by atoms with Crippen LogP contribution in [-0.4, -0.2) is 34.1 Å². The van der Waals surface area contributed by atoms with E-state index in [1.54, 1.807) is 31.2 Å². The first-order valence-corrected chi connectivity index (χ1v) is 13.7. The molecule has 0 bridgehead atoms. The highest BCUT2D eigenvalue weighted by molar-refractivity contribution is 9.10. The van der Waals surface area contributed by atoms with Gasteiger partial charge in [0.25, 0.3) is 10.0 Å². The summed E-state index contributed by atoms with van der Waals surface area (Å²) in [4.78, 5) is 0.147. The first-order chi connectivity index (χ1) is 11.5. The Hall–Kier alpha value is -1.16. The summed E-state index contributed by atoms with van der Waals surface area (Å²) in [5.74, 6) is 0.135. The third-order valence-corrected chi connectivity index (χ3v) is 9.26. The number of sulfonamides is 1. The van der Waals surface area contributed by atoms with Gasteiger partial charge < -0.3 is 9.26 Å². The molecule has 0 saturated carbocycles. The molecule has 2 aromatic rings. The van der Waals surface area contributed by atoms with Gasteiger partial charge >= 0.3 is 0 Å². The molecule has 0 amide bonds. The van der Waals surface area contributed by atoms with Gasteiger partial charge in [-0.1, -0.05) is 36.9 Å². The van der Waals surface area contributed by atoms with Crippen molar-refractivity contribution in [1.82, 2.24) is 5.16 Å². The van der Waals surface area contributed by atoms with Crippen molar-refractivity contribution in [3.8, 4) is 0 Å². The van der Waals surface area contributed by atoms with E-state index in [4.69, 9.17) is 9.26 Å². The summed E-state index contributed by atoms with van der Waals surface area (Å²) >= 11 is 3.30. The lowest BCUT2D eigenvalue weighted by atomic mass is 10.4. The monoisotopic (exact) mass is 446 g/mol. The van der Waals surface area contributed by atoms with E-state index in [0.717, 1.165) is 4.31 Å². The molecule has 0 fully saturated rings. The summed E-state index contributed by atoms with van der Waals surface area (Å²) in [7, 11) is -5.44. The van der Waals surface area contributed by atoms with Crippen LogP contribution in [0.4, 0.5) is 5.88 Å². The second-order valence-electron chi connectivity index (χ2n) is 6.89. The van der Waals surface area contributed by atoms with Crippen LogP contribution in [0.2, 0.25) is 19.6 Å². The fourth-order valence-corrected chi connectivity index (χ4v) is 4.72. The van der Waals surface area contributed by atoms with E-state index in [1.807, 2.05) is 6.92 Å². The number of rotatable bonds is 7. The van der Waals surface area contributed by atoms with Gasteiger partial charge in [0.05, 0.1) is 13.8 Å². The zero-order chi connectivity index (χ0) is 18.8. The van der Waals surface area contributed by atoms with Gasteiger partial charge in [-0.3, -0.25) is 0 Å². The topological polar surface area (TPSA) is 72.6 Å². The molecule has 0 N–H and O–H groups in total. The van der Waals surface area contributed by atoms with Crippen LogP contribution < -0.4 is 4.31 Å². The Balaban J connectivity index is 2.40. The van der Waals surface area contributed by atoms with Crippen LogP contribution in [0.15, 0.2) is 44.2 Å². The molecular weight excluding hydrogens is 424 g/mol. The molecule has 1 heterocycles. The molecule has 0 spiro atoms. The Kier molecular flexibility index (Phi) is 6.13. The minimum atomic E-state index is -3.87. The number of hydrogen-bond acceptors (Lipinski definition) is 5. The zero-order valence-corrected chi connectivity index (χ0v) is 18.4. The SMILES string of the molecule is Cc1cc(N(COC(C)[Si](C)(C)C)S(=O)(=O)c2ccccc2Br)on1. The molecule has 1 atom stereocenters. The summed E-state index contributed by atoms with van der Waals surface area (Å²) in [6, 6.07) is 8.24. The molecule has 0 aliphatic rings. The van der Waals surface area contributed by atoms with Crippen LogP contribution in [0.3, 0.4) is 0 Å². The van der Waals surface area contributed by atoms with Gasteiger partial charge in [0.2, 0.25) is 5.88 Å². The van der Waals surface area contributed by atoms with E-state index >= 15 is 0 Å². The molecule has 9 heteroatoms. The fraction of sp³-hybridized carbons (Fsp3) is 0.438. The van der Waals surface area contributed by atoms with E-state index < -0.39 is 18.1 Å². The standard InChI is InChI=1S/C16H23BrN2O4SSi/c1-12-10-16(23-18-12)19(11-22-13(2)25(3,4)5)24(20,21)15-9-7-6-8-14(15)17/h6-10,13H,11H2,1-5H3. The predicted octanol–water partition coefficient (Wildman–Crippen LogP) is 4.18. The Morgan fingerprint density at radius 2 is 1.96 bits per heavy atom. The second-order valence-corrected chi connectivity index (χ2v) is 15.1. The lowest BCUT2D eigenvalue weighted by Gasteiger charge is -2.29. The maximum absolute atomic E-state index is 13.2. The first kappa shape index (κ1) is 20.2. The Labute approximate surface area is 158 Å². The number of anilines is 1. The van der Waals surface area contributed by atoms with E-state index in [9.17, 15) is 8.42 Å². The lowest BCUT2D eigenvalue weighted by Crippen LogP contribution is -2.42. The van der Waals surface area contributed by atoms with Crippen molar-refractivity contribution in [2.75, 3.05) is 11.0 Å². The van der Waals surface area contributed by atoms with Crippen LogP contribution in [0.25, 0.3) is 0 Å². The Morgan fingerprint density at radius 1 is 1.32 bits per heavy atom. The second kappa shape index (κ2) is 7.61. The van der Waals surface area contributed by atoms with E-state index in [0.29, 0.717) is 10.2 Å². The predicted molar refractivity (Wildman–Crippen MR) is 104 cm³/mol. The highest BCUT2D eigenvalue weighted by Gasteiger charge is 2.32. The largest absolute Gasteiger partial charge is 0.360 e. The summed E-state index contributed by atoms with van der Waals surface area (Å²) in [5.41, 5.74) is 0.578. The van der Waals surface area contributed by atoms with E-state index in [-0.39, 0.29) is 23.2 Å². The number of ether oxygens (including phenoxy) is 1. The fourth-order valence-electron chi connectivity index (χ4n) is 1.92. The van der Waals surface area contributed by atoms with Gasteiger partial charge in [0.15, 0.2) is 0 Å². The summed E-state index contributed by atoms with van der Waals surface area (Å²) in [5, 5.41) is 3.80. The maximum Gasteiger partial charge on any atom is 0.269 e. The molecule has 1 aromatic heterocycles. The van der Waals surface area contributed by atoms with Crippen molar-refractivity contribution in [3.05, 3.63) is 40.5 Å². The maximum atomic E-state index is 13.2. The lowest BCUT2D eigenvalue weighted by molar-refractivity contribution is 0.118. The molecule has 1 aromatic carbocycles. The highest BCUT2D eigenvalue weighted by Crippen LogP contribution is 2.29. The Morgan fingerprint density at radius 3 is 2.48 bits per heavy atom. The first-order valence-electron chi connectivity index (χ1n) is 7.85. The average Bonchev–Trinajstić information content (AvgIpc) is 2.92. The van der Waals surface area contributed by atoms with Crippen molar-refractivity contribution >= 4 is 39.9 Å². The molecule has 25 heavy (non-hydrogen) atoms. The molecule has 0 aliphatic heterocycles. The zero-order valence-electron chi connectivity index (χ0n) is 15.0. The quantitative estimate of drug-likeness (QED) is 0.470. The van der Waals surface area contributed by atoms with Crippen molar-refractivity contribution < 1.29 is 17.7 Å². The highest BCUT2D eigenvalue weighted by atomic mass is 79.9. The van der Waals surface area contributed by atoms with E-state index in [1.165, 1.54) is 6.07 Å². The van der Waals surface area contributed by atoms with Gasteiger partial charge in [-0.05, 0) is 41.9 Å². The number of aromatic nitrogens is 1. The molecule has 0 radical (unpaired) electrons. The third-order valence-electron chi connectivity index (χ3n) is 3.93.